The van der Waals surface area contributed by atoms with Crippen molar-refractivity contribution in [1.29, 1.82) is 0 Å². The third-order valence-electron chi connectivity index (χ3n) is 3.80. The predicted molar refractivity (Wildman–Crippen MR) is 82.9 cm³/mol. The Balaban J connectivity index is 1.85. The van der Waals surface area contributed by atoms with E-state index in [2.05, 4.69) is 50.4 Å². The molecule has 2 rings (SSSR count). The Bertz CT molecular complexity index is 423. The topological polar surface area (TPSA) is 29.1 Å². The molecule has 1 aliphatic rings. The summed E-state index contributed by atoms with van der Waals surface area (Å²) in [6.07, 6.45) is 2.10. The minimum Gasteiger partial charge on any atom is -0.310 e. The summed E-state index contributed by atoms with van der Waals surface area (Å²) in [7, 11) is -0.562. The molecule has 2 nitrogen and oxygen atoms in total. The van der Waals surface area contributed by atoms with Gasteiger partial charge in [0.05, 0.1) is 0 Å². The van der Waals surface area contributed by atoms with Crippen LogP contribution in [0.5, 0.6) is 0 Å². The van der Waals surface area contributed by atoms with Crippen LogP contribution in [0.25, 0.3) is 0 Å². The van der Waals surface area contributed by atoms with Crippen molar-refractivity contribution in [3.8, 4) is 0 Å². The summed E-state index contributed by atoms with van der Waals surface area (Å²) in [4.78, 5) is 0. The van der Waals surface area contributed by atoms with Crippen LogP contribution in [0.15, 0.2) is 24.3 Å². The summed E-state index contributed by atoms with van der Waals surface area (Å²) >= 11 is 0. The Morgan fingerprint density at radius 2 is 1.74 bits per heavy atom. The fourth-order valence-corrected chi connectivity index (χ4v) is 3.68. The Kier molecular flexibility index (Phi) is 4.80. The minimum atomic E-state index is -0.562. The van der Waals surface area contributed by atoms with Gasteiger partial charge in [-0.2, -0.15) is 0 Å². The van der Waals surface area contributed by atoms with Crippen LogP contribution < -0.4 is 5.32 Å². The van der Waals surface area contributed by atoms with Crippen molar-refractivity contribution in [3.05, 3.63) is 35.4 Å². The van der Waals surface area contributed by atoms with Crippen molar-refractivity contribution in [2.75, 3.05) is 11.5 Å². The summed E-state index contributed by atoms with van der Waals surface area (Å²) in [5, 5.41) is 3.58. The molecule has 0 amide bonds. The molecule has 1 saturated heterocycles. The molecule has 0 radical (unpaired) electrons. The molecule has 0 aromatic heterocycles. The molecule has 1 heterocycles. The van der Waals surface area contributed by atoms with Crippen molar-refractivity contribution >= 4 is 10.8 Å². The highest BCUT2D eigenvalue weighted by molar-refractivity contribution is 7.85. The van der Waals surface area contributed by atoms with Gasteiger partial charge in [-0.3, -0.25) is 4.21 Å². The van der Waals surface area contributed by atoms with Gasteiger partial charge in [0.15, 0.2) is 0 Å². The van der Waals surface area contributed by atoms with E-state index < -0.39 is 10.8 Å². The summed E-state index contributed by atoms with van der Waals surface area (Å²) in [5.74, 6) is 1.72. The molecule has 1 N–H and O–H groups in total. The highest BCUT2D eigenvalue weighted by Gasteiger charge is 2.17. The minimum absolute atomic E-state index is 0.222. The zero-order chi connectivity index (χ0) is 13.9. The van der Waals surface area contributed by atoms with Crippen LogP contribution in [-0.4, -0.2) is 21.8 Å². The maximum absolute atomic E-state index is 11.3. The molecule has 3 heteroatoms. The normalized spacial score (nSPS) is 24.4. The molecule has 0 saturated carbocycles. The number of benzene rings is 1. The average Bonchev–Trinajstić information content (AvgIpc) is 2.37. The zero-order valence-electron chi connectivity index (χ0n) is 12.2. The fourth-order valence-electron chi connectivity index (χ4n) is 2.38. The van der Waals surface area contributed by atoms with Crippen LogP contribution in [0.3, 0.4) is 0 Å². The maximum atomic E-state index is 11.3. The molecule has 19 heavy (non-hydrogen) atoms. The Labute approximate surface area is 119 Å². The van der Waals surface area contributed by atoms with E-state index in [1.54, 1.807) is 0 Å². The van der Waals surface area contributed by atoms with Crippen LogP contribution in [0.4, 0.5) is 0 Å². The highest BCUT2D eigenvalue weighted by atomic mass is 32.2. The van der Waals surface area contributed by atoms with E-state index >= 15 is 0 Å². The molecule has 0 spiro atoms. The second kappa shape index (κ2) is 6.19. The number of nitrogens with one attached hydrogen (secondary N) is 1. The van der Waals surface area contributed by atoms with E-state index in [-0.39, 0.29) is 5.41 Å². The van der Waals surface area contributed by atoms with Crippen molar-refractivity contribution in [2.24, 2.45) is 0 Å². The summed E-state index contributed by atoms with van der Waals surface area (Å²) < 4.78 is 11.3. The summed E-state index contributed by atoms with van der Waals surface area (Å²) in [6.45, 7) is 7.63. The first kappa shape index (κ1) is 14.7. The lowest BCUT2D eigenvalue weighted by Gasteiger charge is -2.23. The zero-order valence-corrected chi connectivity index (χ0v) is 13.1. The van der Waals surface area contributed by atoms with Gasteiger partial charge in [0.2, 0.25) is 0 Å². The molecular formula is C16H25NOS. The SMILES string of the molecule is CC(C)(C)c1ccc(CNC2CCS(=O)CC2)cc1. The van der Waals surface area contributed by atoms with Gasteiger partial charge in [-0.1, -0.05) is 45.0 Å². The number of hydrogen-bond donors (Lipinski definition) is 1. The Morgan fingerprint density at radius 3 is 2.26 bits per heavy atom. The average molecular weight is 279 g/mol. The first-order chi connectivity index (χ1) is 8.95. The maximum Gasteiger partial charge on any atom is 0.0249 e. The molecule has 0 atom stereocenters. The van der Waals surface area contributed by atoms with E-state index in [1.165, 1.54) is 11.1 Å². The third-order valence-corrected chi connectivity index (χ3v) is 5.18. The first-order valence-corrected chi connectivity index (χ1v) is 8.62. The van der Waals surface area contributed by atoms with E-state index in [9.17, 15) is 4.21 Å². The van der Waals surface area contributed by atoms with Gasteiger partial charge in [-0.15, -0.1) is 0 Å². The van der Waals surface area contributed by atoms with Gasteiger partial charge < -0.3 is 5.32 Å². The van der Waals surface area contributed by atoms with E-state index in [1.807, 2.05) is 0 Å². The molecule has 0 aliphatic carbocycles. The lowest BCUT2D eigenvalue weighted by Crippen LogP contribution is -2.35. The molecule has 1 aliphatic heterocycles. The number of hydrogen-bond acceptors (Lipinski definition) is 2. The van der Waals surface area contributed by atoms with Crippen molar-refractivity contribution in [1.82, 2.24) is 5.32 Å². The molecule has 0 unspecified atom stereocenters. The molecule has 0 bridgehead atoms. The lowest BCUT2D eigenvalue weighted by atomic mass is 9.87. The molecule has 1 aromatic carbocycles. The van der Waals surface area contributed by atoms with Gasteiger partial charge in [-0.05, 0) is 29.4 Å². The first-order valence-electron chi connectivity index (χ1n) is 7.13. The quantitative estimate of drug-likeness (QED) is 0.921. The largest absolute Gasteiger partial charge is 0.310 e. The van der Waals surface area contributed by atoms with Crippen LogP contribution >= 0.6 is 0 Å². The molecule has 1 fully saturated rings. The van der Waals surface area contributed by atoms with Crippen LogP contribution in [-0.2, 0) is 22.8 Å². The molecule has 106 valence electrons. The molecule has 1 aromatic rings. The fraction of sp³-hybridized carbons (Fsp3) is 0.625. The van der Waals surface area contributed by atoms with Gasteiger partial charge in [-0.25, -0.2) is 0 Å². The Morgan fingerprint density at radius 1 is 1.16 bits per heavy atom. The predicted octanol–water partition coefficient (Wildman–Crippen LogP) is 2.98. The smallest absolute Gasteiger partial charge is 0.0249 e. The van der Waals surface area contributed by atoms with Crippen molar-refractivity contribution < 1.29 is 4.21 Å². The second-order valence-electron chi connectivity index (χ2n) is 6.45. The van der Waals surface area contributed by atoms with Crippen LogP contribution in [0.2, 0.25) is 0 Å². The van der Waals surface area contributed by atoms with Crippen LogP contribution in [0.1, 0.15) is 44.7 Å². The summed E-state index contributed by atoms with van der Waals surface area (Å²) in [5.41, 5.74) is 2.93. The van der Waals surface area contributed by atoms with Crippen molar-refractivity contribution in [2.45, 2.75) is 51.6 Å². The van der Waals surface area contributed by atoms with E-state index in [0.29, 0.717) is 6.04 Å². The number of rotatable bonds is 3. The monoisotopic (exact) mass is 279 g/mol. The van der Waals surface area contributed by atoms with Crippen LogP contribution in [0, 0.1) is 0 Å². The highest BCUT2D eigenvalue weighted by Crippen LogP contribution is 2.22. The van der Waals surface area contributed by atoms with Gasteiger partial charge in [0, 0.05) is 34.9 Å². The third kappa shape index (κ3) is 4.43. The lowest BCUT2D eigenvalue weighted by molar-refractivity contribution is 0.475. The van der Waals surface area contributed by atoms with Crippen molar-refractivity contribution in [3.63, 3.8) is 0 Å². The van der Waals surface area contributed by atoms with E-state index in [0.717, 1.165) is 30.9 Å². The Hall–Kier alpha value is -0.670. The molecular weight excluding hydrogens is 254 g/mol. The second-order valence-corrected chi connectivity index (χ2v) is 8.15. The van der Waals surface area contributed by atoms with Gasteiger partial charge in [0.1, 0.15) is 0 Å². The van der Waals surface area contributed by atoms with E-state index in [4.69, 9.17) is 0 Å². The van der Waals surface area contributed by atoms with Gasteiger partial charge >= 0.3 is 0 Å². The summed E-state index contributed by atoms with van der Waals surface area (Å²) in [6, 6.07) is 9.43. The standard InChI is InChI=1S/C16H25NOS/c1-16(2,3)14-6-4-13(5-7-14)12-17-15-8-10-19(18)11-9-15/h4-7,15,17H,8-12H2,1-3H3. The van der Waals surface area contributed by atoms with Gasteiger partial charge in [0.25, 0.3) is 0 Å².